The topological polar surface area (TPSA) is 81.1 Å². The molecule has 1 heterocycles. The molecule has 0 unspecified atom stereocenters. The zero-order chi connectivity index (χ0) is 22.6. The third-order valence-corrected chi connectivity index (χ3v) is 8.78. The first-order valence-electron chi connectivity index (χ1n) is 11.2. The van der Waals surface area contributed by atoms with Crippen LogP contribution in [0.1, 0.15) is 45.4 Å². The van der Waals surface area contributed by atoms with Crippen molar-refractivity contribution in [3.63, 3.8) is 0 Å². The molecular weight excluding hydrogens is 442 g/mol. The van der Waals surface area contributed by atoms with E-state index in [0.29, 0.717) is 22.6 Å². The molecule has 2 atom stereocenters. The smallest absolute Gasteiger partial charge is 0.262 e. The van der Waals surface area contributed by atoms with E-state index in [4.69, 9.17) is 4.98 Å². The maximum absolute atomic E-state index is 13.2. The van der Waals surface area contributed by atoms with E-state index < -0.39 is 10.0 Å². The van der Waals surface area contributed by atoms with Gasteiger partial charge in [0.1, 0.15) is 0 Å². The monoisotopic (exact) mass is 471 g/mol. The summed E-state index contributed by atoms with van der Waals surface area (Å²) in [6, 6.07) is 15.7. The van der Waals surface area contributed by atoms with E-state index in [9.17, 15) is 13.2 Å². The fourth-order valence-electron chi connectivity index (χ4n) is 4.13. The van der Waals surface area contributed by atoms with E-state index in [1.165, 1.54) is 11.8 Å². The lowest BCUT2D eigenvalue weighted by Crippen LogP contribution is -2.44. The van der Waals surface area contributed by atoms with Crippen LogP contribution in [0.25, 0.3) is 10.9 Å². The molecule has 0 saturated heterocycles. The number of nitrogens with one attached hydrogen (secondary N) is 1. The van der Waals surface area contributed by atoms with Gasteiger partial charge in [-0.3, -0.25) is 9.36 Å². The number of aromatic nitrogens is 2. The predicted octanol–water partition coefficient (Wildman–Crippen LogP) is 4.58. The largest absolute Gasteiger partial charge is 0.287 e. The van der Waals surface area contributed by atoms with Crippen LogP contribution in [0, 0.1) is 0 Å². The van der Waals surface area contributed by atoms with Crippen LogP contribution in [0.4, 0.5) is 0 Å². The van der Waals surface area contributed by atoms with Crippen molar-refractivity contribution < 1.29 is 8.42 Å². The molecule has 0 radical (unpaired) electrons. The van der Waals surface area contributed by atoms with Gasteiger partial charge < -0.3 is 0 Å². The van der Waals surface area contributed by atoms with Gasteiger partial charge in [0.25, 0.3) is 5.56 Å². The molecule has 32 heavy (non-hydrogen) atoms. The van der Waals surface area contributed by atoms with Gasteiger partial charge in [0.15, 0.2) is 5.16 Å². The summed E-state index contributed by atoms with van der Waals surface area (Å²) >= 11 is 1.54. The lowest BCUT2D eigenvalue weighted by molar-refractivity contribution is 0.421. The number of para-hydroxylation sites is 1. The maximum Gasteiger partial charge on any atom is 0.262 e. The summed E-state index contributed by atoms with van der Waals surface area (Å²) in [6.07, 6.45) is 5.54. The van der Waals surface area contributed by atoms with E-state index >= 15 is 0 Å². The highest BCUT2D eigenvalue weighted by atomic mass is 32.2. The molecule has 4 rings (SSSR count). The predicted molar refractivity (Wildman–Crippen MR) is 130 cm³/mol. The average Bonchev–Trinajstić information content (AvgIpc) is 2.81. The summed E-state index contributed by atoms with van der Waals surface area (Å²) in [7, 11) is -3.60. The lowest BCUT2D eigenvalue weighted by Gasteiger charge is -2.31. The summed E-state index contributed by atoms with van der Waals surface area (Å²) in [6.45, 7) is 2.71. The molecule has 0 spiro atoms. The van der Waals surface area contributed by atoms with Gasteiger partial charge in [-0.15, -0.1) is 0 Å². The zero-order valence-electron chi connectivity index (χ0n) is 18.2. The summed E-state index contributed by atoms with van der Waals surface area (Å²) in [5, 5.41) is 1.32. The van der Waals surface area contributed by atoms with Crippen molar-refractivity contribution in [1.29, 1.82) is 0 Å². The highest BCUT2D eigenvalue weighted by Gasteiger charge is 2.31. The van der Waals surface area contributed by atoms with Gasteiger partial charge in [0.2, 0.25) is 10.0 Å². The van der Waals surface area contributed by atoms with Crippen LogP contribution in [-0.2, 0) is 16.6 Å². The fraction of sp³-hybridized carbons (Fsp3) is 0.417. The van der Waals surface area contributed by atoms with Crippen LogP contribution in [0.5, 0.6) is 0 Å². The first-order valence-corrected chi connectivity index (χ1v) is 13.6. The number of sulfonamides is 1. The third-order valence-electron chi connectivity index (χ3n) is 5.88. The number of unbranched alkanes of at least 4 members (excludes halogenated alkanes) is 1. The standard InChI is InChI=1S/C24H29N3O3S2/c1-2-3-17-27-23(28)19-13-7-8-14-20(19)25-24(27)31-22-16-10-9-15-21(22)26-32(29,30)18-11-5-4-6-12-18/h4-8,11-14,21-22,26H,2-3,9-10,15-17H2,1H3/t21-,22+/m1/s1. The van der Waals surface area contributed by atoms with Crippen molar-refractivity contribution in [3.05, 3.63) is 65.0 Å². The van der Waals surface area contributed by atoms with E-state index in [1.54, 1.807) is 34.9 Å². The maximum atomic E-state index is 13.2. The number of benzene rings is 2. The van der Waals surface area contributed by atoms with Crippen molar-refractivity contribution in [2.75, 3.05) is 0 Å². The average molecular weight is 472 g/mol. The van der Waals surface area contributed by atoms with E-state index in [2.05, 4.69) is 11.6 Å². The van der Waals surface area contributed by atoms with Gasteiger partial charge >= 0.3 is 0 Å². The van der Waals surface area contributed by atoms with Crippen molar-refractivity contribution in [3.8, 4) is 0 Å². The second kappa shape index (κ2) is 10.2. The molecule has 8 heteroatoms. The van der Waals surface area contributed by atoms with Crippen LogP contribution in [0.3, 0.4) is 0 Å². The number of rotatable bonds is 8. The van der Waals surface area contributed by atoms with Crippen LogP contribution < -0.4 is 10.3 Å². The van der Waals surface area contributed by atoms with Gasteiger partial charge in [-0.1, -0.05) is 68.3 Å². The van der Waals surface area contributed by atoms with Gasteiger partial charge in [0.05, 0.1) is 15.8 Å². The Kier molecular flexibility index (Phi) is 7.33. The first-order chi connectivity index (χ1) is 15.5. The van der Waals surface area contributed by atoms with Gasteiger partial charge in [-0.2, -0.15) is 0 Å². The fourth-order valence-corrected chi connectivity index (χ4v) is 6.92. The van der Waals surface area contributed by atoms with Gasteiger partial charge in [-0.25, -0.2) is 18.1 Å². The zero-order valence-corrected chi connectivity index (χ0v) is 19.9. The van der Waals surface area contributed by atoms with E-state index in [0.717, 1.165) is 38.5 Å². The second-order valence-electron chi connectivity index (χ2n) is 8.20. The summed E-state index contributed by atoms with van der Waals surface area (Å²) in [5.41, 5.74) is 0.661. The van der Waals surface area contributed by atoms with Gasteiger partial charge in [-0.05, 0) is 43.5 Å². The molecule has 1 aliphatic carbocycles. The van der Waals surface area contributed by atoms with Crippen LogP contribution in [-0.4, -0.2) is 29.3 Å². The van der Waals surface area contributed by atoms with E-state index in [1.807, 2.05) is 24.3 Å². The van der Waals surface area contributed by atoms with Crippen LogP contribution >= 0.6 is 11.8 Å². The quantitative estimate of drug-likeness (QED) is 0.487. The molecule has 170 valence electrons. The van der Waals surface area contributed by atoms with Crippen LogP contribution in [0.2, 0.25) is 0 Å². The molecule has 0 aliphatic heterocycles. The second-order valence-corrected chi connectivity index (χ2v) is 11.1. The minimum atomic E-state index is -3.60. The number of hydrogen-bond acceptors (Lipinski definition) is 5. The molecule has 1 saturated carbocycles. The van der Waals surface area contributed by atoms with Gasteiger partial charge in [0, 0.05) is 17.8 Å². The molecular formula is C24H29N3O3S2. The highest BCUT2D eigenvalue weighted by Crippen LogP contribution is 2.34. The van der Waals surface area contributed by atoms with Crippen LogP contribution in [0.15, 0.2) is 69.4 Å². The Bertz CT molecular complexity index is 1230. The Morgan fingerprint density at radius 3 is 2.56 bits per heavy atom. The Morgan fingerprint density at radius 1 is 1.06 bits per heavy atom. The van der Waals surface area contributed by atoms with Crippen molar-refractivity contribution in [1.82, 2.24) is 14.3 Å². The molecule has 1 aromatic heterocycles. The van der Waals surface area contributed by atoms with Crippen molar-refractivity contribution >= 4 is 32.7 Å². The third kappa shape index (κ3) is 5.08. The minimum Gasteiger partial charge on any atom is -0.287 e. The number of nitrogens with zero attached hydrogens (tertiary/aromatic N) is 2. The Labute approximate surface area is 193 Å². The SMILES string of the molecule is CCCCn1c(S[C@H]2CCCC[C@H]2NS(=O)(=O)c2ccccc2)nc2ccccc2c1=O. The summed E-state index contributed by atoms with van der Waals surface area (Å²) < 4.78 is 30.6. The highest BCUT2D eigenvalue weighted by molar-refractivity contribution is 7.99. The molecule has 3 aromatic rings. The molecule has 1 fully saturated rings. The molecule has 0 bridgehead atoms. The summed E-state index contributed by atoms with van der Waals surface area (Å²) in [4.78, 5) is 18.3. The van der Waals surface area contributed by atoms with Crippen molar-refractivity contribution in [2.45, 2.75) is 73.3 Å². The normalized spacial score (nSPS) is 19.3. The molecule has 6 nitrogen and oxygen atoms in total. The molecule has 2 aromatic carbocycles. The Hall–Kier alpha value is -2.16. The Morgan fingerprint density at radius 2 is 1.78 bits per heavy atom. The van der Waals surface area contributed by atoms with Crippen molar-refractivity contribution in [2.24, 2.45) is 0 Å². The van der Waals surface area contributed by atoms with E-state index in [-0.39, 0.29) is 21.7 Å². The number of thioether (sulfide) groups is 1. The minimum absolute atomic E-state index is 0.0168. The first kappa shape index (κ1) is 23.0. The molecule has 1 aliphatic rings. The number of fused-ring (bicyclic) bond motifs is 1. The summed E-state index contributed by atoms with van der Waals surface area (Å²) in [5.74, 6) is 0. The lowest BCUT2D eigenvalue weighted by atomic mass is 9.96. The molecule has 0 amide bonds. The Balaban J connectivity index is 1.64. The number of hydrogen-bond donors (Lipinski definition) is 1. The molecule has 1 N–H and O–H groups in total.